The van der Waals surface area contributed by atoms with Crippen LogP contribution in [-0.4, -0.2) is 30.9 Å². The van der Waals surface area contributed by atoms with Crippen LogP contribution in [0.4, 0.5) is 11.4 Å². The average molecular weight is 410 g/mol. The van der Waals surface area contributed by atoms with E-state index >= 15 is 0 Å². The zero-order valence-electron chi connectivity index (χ0n) is 18.4. The van der Waals surface area contributed by atoms with Crippen molar-refractivity contribution < 1.29 is 9.59 Å². The number of carbonyl (C=O) groups is 2. The maximum absolute atomic E-state index is 13.4. The number of hydrogen-bond acceptors (Lipinski definition) is 3. The number of hydrogen-bond donors (Lipinski definition) is 2. The van der Waals surface area contributed by atoms with Crippen molar-refractivity contribution >= 4 is 23.2 Å². The molecule has 0 unspecified atom stereocenters. The predicted molar refractivity (Wildman–Crippen MR) is 120 cm³/mol. The number of carbonyl (C=O) groups excluding carboxylic acids is 2. The fraction of sp³-hybridized carbons (Fsp3) is 0.680. The first kappa shape index (κ1) is 19.9. The van der Waals surface area contributed by atoms with Crippen LogP contribution in [0.2, 0.25) is 0 Å². The smallest absolute Gasteiger partial charge is 0.253 e. The standard InChI is InChI=1S/C25H35N3O2/c1-16(2)26-23(29)21-12-20(5-6-22(21)28-7-3-4-8-28)27-24(30)25-13-17-9-18(14-25)11-19(10-17)15-25/h5-6,12,16-19H,3-4,7-11,13-15H2,1-2H3,(H,26,29)(H,27,30). The fourth-order valence-corrected chi connectivity index (χ4v) is 7.02. The molecule has 1 heterocycles. The van der Waals surface area contributed by atoms with Crippen LogP contribution in [-0.2, 0) is 4.79 Å². The van der Waals surface area contributed by atoms with Gasteiger partial charge < -0.3 is 15.5 Å². The molecule has 5 fully saturated rings. The van der Waals surface area contributed by atoms with Crippen LogP contribution in [0, 0.1) is 23.2 Å². The Labute approximate surface area is 180 Å². The molecule has 30 heavy (non-hydrogen) atoms. The van der Waals surface area contributed by atoms with Gasteiger partial charge in [0, 0.05) is 30.5 Å². The first-order chi connectivity index (χ1) is 14.4. The van der Waals surface area contributed by atoms with Crippen molar-refractivity contribution in [2.75, 3.05) is 23.3 Å². The van der Waals surface area contributed by atoms with E-state index in [2.05, 4.69) is 15.5 Å². The Balaban J connectivity index is 1.39. The molecule has 162 valence electrons. The van der Waals surface area contributed by atoms with Gasteiger partial charge in [0.05, 0.1) is 11.0 Å². The highest BCUT2D eigenvalue weighted by Gasteiger charge is 2.54. The van der Waals surface area contributed by atoms with Crippen LogP contribution in [0.25, 0.3) is 0 Å². The maximum atomic E-state index is 13.4. The van der Waals surface area contributed by atoms with E-state index in [1.807, 2.05) is 32.0 Å². The zero-order valence-corrected chi connectivity index (χ0v) is 18.4. The normalized spacial score (nSPS) is 32.0. The quantitative estimate of drug-likeness (QED) is 0.748. The molecule has 2 amide bonds. The van der Waals surface area contributed by atoms with E-state index in [0.29, 0.717) is 5.56 Å². The lowest BCUT2D eigenvalue weighted by Crippen LogP contribution is -2.51. The summed E-state index contributed by atoms with van der Waals surface area (Å²) in [4.78, 5) is 28.7. The lowest BCUT2D eigenvalue weighted by molar-refractivity contribution is -0.140. The van der Waals surface area contributed by atoms with E-state index in [1.165, 1.54) is 19.3 Å². The van der Waals surface area contributed by atoms with Gasteiger partial charge in [-0.15, -0.1) is 0 Å². The lowest BCUT2D eigenvalue weighted by atomic mass is 9.49. The molecule has 0 aromatic heterocycles. The van der Waals surface area contributed by atoms with Crippen LogP contribution in [0.15, 0.2) is 18.2 Å². The topological polar surface area (TPSA) is 61.4 Å². The monoisotopic (exact) mass is 409 g/mol. The summed E-state index contributed by atoms with van der Waals surface area (Å²) in [5, 5.41) is 6.26. The van der Waals surface area contributed by atoms with Crippen molar-refractivity contribution in [3.8, 4) is 0 Å². The van der Waals surface area contributed by atoms with Crippen LogP contribution >= 0.6 is 0 Å². The molecule has 6 rings (SSSR count). The van der Waals surface area contributed by atoms with E-state index in [1.54, 1.807) is 0 Å². The third-order valence-corrected chi connectivity index (χ3v) is 7.89. The summed E-state index contributed by atoms with van der Waals surface area (Å²) in [5.41, 5.74) is 2.24. The Hall–Kier alpha value is -2.04. The second kappa shape index (κ2) is 7.58. The summed E-state index contributed by atoms with van der Waals surface area (Å²) in [6.45, 7) is 5.93. The minimum absolute atomic E-state index is 0.0576. The largest absolute Gasteiger partial charge is 0.371 e. The van der Waals surface area contributed by atoms with E-state index in [0.717, 1.165) is 74.3 Å². The Kier molecular flexibility index (Phi) is 5.03. The molecule has 1 aromatic rings. The van der Waals surface area contributed by atoms with Gasteiger partial charge >= 0.3 is 0 Å². The first-order valence-corrected chi connectivity index (χ1v) is 11.9. The van der Waals surface area contributed by atoms with E-state index < -0.39 is 0 Å². The molecule has 4 aliphatic carbocycles. The average Bonchev–Trinajstić information content (AvgIpc) is 3.21. The van der Waals surface area contributed by atoms with Crippen molar-refractivity contribution in [2.24, 2.45) is 23.2 Å². The molecule has 0 atom stereocenters. The molecule has 1 saturated heterocycles. The SMILES string of the molecule is CC(C)NC(=O)c1cc(NC(=O)C23CC4CC(CC(C4)C2)C3)ccc1N1CCCC1. The molecule has 5 nitrogen and oxygen atoms in total. The minimum atomic E-state index is -0.178. The molecule has 4 bridgehead atoms. The van der Waals surface area contributed by atoms with Gasteiger partial charge in [0.25, 0.3) is 5.91 Å². The minimum Gasteiger partial charge on any atom is -0.371 e. The van der Waals surface area contributed by atoms with Gasteiger partial charge in [0.1, 0.15) is 0 Å². The molecular formula is C25H35N3O2. The number of amides is 2. The zero-order chi connectivity index (χ0) is 20.9. The van der Waals surface area contributed by atoms with E-state index in [9.17, 15) is 9.59 Å². The van der Waals surface area contributed by atoms with Crippen LogP contribution in [0.3, 0.4) is 0 Å². The number of rotatable bonds is 5. The van der Waals surface area contributed by atoms with Gasteiger partial charge in [-0.05, 0) is 101 Å². The molecule has 1 aliphatic heterocycles. The number of nitrogens with zero attached hydrogens (tertiary/aromatic N) is 1. The van der Waals surface area contributed by atoms with Gasteiger partial charge in [-0.3, -0.25) is 9.59 Å². The summed E-state index contributed by atoms with van der Waals surface area (Å²) >= 11 is 0. The molecule has 5 heteroatoms. The summed E-state index contributed by atoms with van der Waals surface area (Å²) in [7, 11) is 0. The Morgan fingerprint density at radius 3 is 2.17 bits per heavy atom. The van der Waals surface area contributed by atoms with Crippen LogP contribution < -0.4 is 15.5 Å². The predicted octanol–water partition coefficient (Wildman–Crippen LogP) is 4.58. The van der Waals surface area contributed by atoms with E-state index in [-0.39, 0.29) is 23.3 Å². The number of nitrogens with one attached hydrogen (secondary N) is 2. The molecule has 0 radical (unpaired) electrons. The van der Waals surface area contributed by atoms with Gasteiger partial charge in [0.2, 0.25) is 5.91 Å². The summed E-state index contributed by atoms with van der Waals surface area (Å²) < 4.78 is 0. The molecule has 2 N–H and O–H groups in total. The molecule has 0 spiro atoms. The Morgan fingerprint density at radius 2 is 1.60 bits per heavy atom. The maximum Gasteiger partial charge on any atom is 0.253 e. The first-order valence-electron chi connectivity index (χ1n) is 11.9. The highest BCUT2D eigenvalue weighted by atomic mass is 16.2. The van der Waals surface area contributed by atoms with Gasteiger partial charge in [-0.1, -0.05) is 0 Å². The highest BCUT2D eigenvalue weighted by Crippen LogP contribution is 2.60. The van der Waals surface area contributed by atoms with Crippen LogP contribution in [0.5, 0.6) is 0 Å². The Bertz CT molecular complexity index is 806. The van der Waals surface area contributed by atoms with Crippen molar-refractivity contribution in [1.29, 1.82) is 0 Å². The lowest BCUT2D eigenvalue weighted by Gasteiger charge is -2.55. The molecule has 5 aliphatic rings. The highest BCUT2D eigenvalue weighted by molar-refractivity contribution is 6.03. The second-order valence-electron chi connectivity index (χ2n) is 10.7. The number of benzene rings is 1. The third-order valence-electron chi connectivity index (χ3n) is 7.89. The Morgan fingerprint density at radius 1 is 1.00 bits per heavy atom. The van der Waals surface area contributed by atoms with Gasteiger partial charge in [-0.25, -0.2) is 0 Å². The van der Waals surface area contributed by atoms with E-state index in [4.69, 9.17) is 0 Å². The van der Waals surface area contributed by atoms with Gasteiger partial charge in [-0.2, -0.15) is 0 Å². The summed E-state index contributed by atoms with van der Waals surface area (Å²) in [5.74, 6) is 2.36. The molecule has 1 aromatic carbocycles. The van der Waals surface area contributed by atoms with Crippen molar-refractivity contribution in [3.63, 3.8) is 0 Å². The van der Waals surface area contributed by atoms with Crippen molar-refractivity contribution in [1.82, 2.24) is 5.32 Å². The molecular weight excluding hydrogens is 374 g/mol. The number of anilines is 2. The summed E-state index contributed by atoms with van der Waals surface area (Å²) in [6, 6.07) is 5.98. The van der Waals surface area contributed by atoms with Crippen molar-refractivity contribution in [2.45, 2.75) is 71.3 Å². The fourth-order valence-electron chi connectivity index (χ4n) is 7.02. The third kappa shape index (κ3) is 3.61. The summed E-state index contributed by atoms with van der Waals surface area (Å²) in [6.07, 6.45) is 9.47. The molecule has 4 saturated carbocycles. The van der Waals surface area contributed by atoms with Gasteiger partial charge in [0.15, 0.2) is 0 Å². The van der Waals surface area contributed by atoms with Crippen molar-refractivity contribution in [3.05, 3.63) is 23.8 Å². The van der Waals surface area contributed by atoms with Crippen LogP contribution in [0.1, 0.15) is 75.6 Å². The second-order valence-corrected chi connectivity index (χ2v) is 10.7.